The normalized spacial score (nSPS) is 18.5. The molecule has 2 aromatic rings. The lowest BCUT2D eigenvalue weighted by Gasteiger charge is -2.24. The third-order valence-corrected chi connectivity index (χ3v) is 6.08. The Balaban J connectivity index is 2.04. The number of carbonyl (C=O) groups is 1. The summed E-state index contributed by atoms with van der Waals surface area (Å²) in [6.07, 6.45) is 3.11. The Morgan fingerprint density at radius 3 is 2.67 bits per heavy atom. The number of ether oxygens (including phenoxy) is 1. The second-order valence-electron chi connectivity index (χ2n) is 5.52. The number of carbonyl (C=O) groups excluding carboxylic acids is 1. The molecule has 0 saturated carbocycles. The molecule has 1 atom stereocenters. The molecule has 1 aromatic heterocycles. The number of methoxy groups -OCH3 is 1. The highest BCUT2D eigenvalue weighted by Gasteiger charge is 2.38. The first-order chi connectivity index (χ1) is 11.6. The van der Waals surface area contributed by atoms with Gasteiger partial charge >= 0.3 is 5.97 Å². The summed E-state index contributed by atoms with van der Waals surface area (Å²) in [7, 11) is -2.59. The zero-order chi connectivity index (χ0) is 17.2. The minimum Gasteiger partial charge on any atom is -0.465 e. The Labute approximate surface area is 141 Å². The molecule has 1 saturated heterocycles. The van der Waals surface area contributed by atoms with Crippen LogP contribution in [0.25, 0.3) is 0 Å². The van der Waals surface area contributed by atoms with Crippen LogP contribution in [0.15, 0.2) is 53.6 Å². The maximum absolute atomic E-state index is 13.1. The van der Waals surface area contributed by atoms with Crippen molar-refractivity contribution in [3.8, 4) is 0 Å². The number of benzene rings is 1. The van der Waals surface area contributed by atoms with Crippen molar-refractivity contribution >= 4 is 16.0 Å². The number of esters is 1. The first-order valence-corrected chi connectivity index (χ1v) is 9.10. The van der Waals surface area contributed by atoms with Gasteiger partial charge in [0.25, 0.3) is 0 Å². The van der Waals surface area contributed by atoms with E-state index in [0.717, 1.165) is 6.42 Å². The molecule has 7 heteroatoms. The molecule has 24 heavy (non-hydrogen) atoms. The molecule has 6 nitrogen and oxygen atoms in total. The molecule has 0 N–H and O–H groups in total. The molecule has 2 heterocycles. The molecule has 1 aromatic carbocycles. The monoisotopic (exact) mass is 346 g/mol. The van der Waals surface area contributed by atoms with Crippen LogP contribution >= 0.6 is 0 Å². The maximum atomic E-state index is 13.1. The van der Waals surface area contributed by atoms with Gasteiger partial charge < -0.3 is 4.74 Å². The SMILES string of the molecule is COC(=O)c1ccccc1S(=O)(=O)N1CCC[C@H]1c1ccccn1. The molecular weight excluding hydrogens is 328 g/mol. The van der Waals surface area contributed by atoms with E-state index >= 15 is 0 Å². The van der Waals surface area contributed by atoms with Gasteiger partial charge in [-0.3, -0.25) is 4.98 Å². The van der Waals surface area contributed by atoms with Gasteiger partial charge in [-0.2, -0.15) is 4.31 Å². The van der Waals surface area contributed by atoms with Crippen molar-refractivity contribution in [2.75, 3.05) is 13.7 Å². The topological polar surface area (TPSA) is 76.6 Å². The number of hydrogen-bond donors (Lipinski definition) is 0. The highest BCUT2D eigenvalue weighted by molar-refractivity contribution is 7.89. The second kappa shape index (κ2) is 6.70. The van der Waals surface area contributed by atoms with Crippen LogP contribution in [0.4, 0.5) is 0 Å². The standard InChI is InChI=1S/C17H18N2O4S/c1-23-17(20)13-7-2-3-10-16(13)24(21,22)19-12-6-9-15(19)14-8-4-5-11-18-14/h2-5,7-8,10-11,15H,6,9,12H2,1H3/t15-/m0/s1. The van der Waals surface area contributed by atoms with Gasteiger partial charge in [-0.15, -0.1) is 0 Å². The molecular formula is C17H18N2O4S. The molecule has 1 aliphatic rings. The average Bonchev–Trinajstić information content (AvgIpc) is 3.12. The molecule has 0 spiro atoms. The highest BCUT2D eigenvalue weighted by Crippen LogP contribution is 2.36. The Bertz CT molecular complexity index is 837. The largest absolute Gasteiger partial charge is 0.465 e. The molecule has 0 unspecified atom stereocenters. The van der Waals surface area contributed by atoms with Crippen LogP contribution in [0.5, 0.6) is 0 Å². The van der Waals surface area contributed by atoms with E-state index in [2.05, 4.69) is 4.98 Å². The van der Waals surface area contributed by atoms with Crippen molar-refractivity contribution in [1.82, 2.24) is 9.29 Å². The van der Waals surface area contributed by atoms with Gasteiger partial charge in [0.2, 0.25) is 10.0 Å². The van der Waals surface area contributed by atoms with Crippen molar-refractivity contribution in [1.29, 1.82) is 0 Å². The smallest absolute Gasteiger partial charge is 0.339 e. The number of rotatable bonds is 4. The third-order valence-electron chi connectivity index (χ3n) is 4.11. The molecule has 1 fully saturated rings. The van der Waals surface area contributed by atoms with Gasteiger partial charge in [-0.25, -0.2) is 13.2 Å². The first-order valence-electron chi connectivity index (χ1n) is 7.66. The van der Waals surface area contributed by atoms with E-state index in [0.29, 0.717) is 18.7 Å². The summed E-state index contributed by atoms with van der Waals surface area (Å²) >= 11 is 0. The molecule has 0 amide bonds. The Hall–Kier alpha value is -2.25. The lowest BCUT2D eigenvalue weighted by molar-refractivity contribution is 0.0596. The lowest BCUT2D eigenvalue weighted by atomic mass is 10.1. The Morgan fingerprint density at radius 1 is 1.21 bits per heavy atom. The summed E-state index contributed by atoms with van der Waals surface area (Å²) in [5.74, 6) is -0.664. The van der Waals surface area contributed by atoms with Crippen LogP contribution < -0.4 is 0 Å². The second-order valence-corrected chi connectivity index (χ2v) is 7.38. The predicted molar refractivity (Wildman–Crippen MR) is 87.9 cm³/mol. The minimum absolute atomic E-state index is 0.0281. The van der Waals surface area contributed by atoms with Gasteiger partial charge in [0.05, 0.1) is 29.3 Å². The molecule has 0 bridgehead atoms. The van der Waals surface area contributed by atoms with Crippen molar-refractivity contribution in [2.45, 2.75) is 23.8 Å². The summed E-state index contributed by atoms with van der Waals surface area (Å²) in [6.45, 7) is 0.402. The number of aromatic nitrogens is 1. The third kappa shape index (κ3) is 2.92. The molecule has 3 rings (SSSR count). The van der Waals surface area contributed by atoms with Gasteiger partial charge in [0, 0.05) is 12.7 Å². The lowest BCUT2D eigenvalue weighted by Crippen LogP contribution is -2.32. The first kappa shape index (κ1) is 16.6. The van der Waals surface area contributed by atoms with Crippen LogP contribution in [0.2, 0.25) is 0 Å². The Kier molecular flexibility index (Phi) is 4.64. The van der Waals surface area contributed by atoms with E-state index < -0.39 is 16.0 Å². The van der Waals surface area contributed by atoms with Crippen molar-refractivity contribution in [3.63, 3.8) is 0 Å². The average molecular weight is 346 g/mol. The quantitative estimate of drug-likeness (QED) is 0.795. The minimum atomic E-state index is -3.83. The van der Waals surface area contributed by atoms with Crippen LogP contribution in [-0.4, -0.2) is 37.3 Å². The van der Waals surface area contributed by atoms with Gasteiger partial charge in [0.1, 0.15) is 0 Å². The van der Waals surface area contributed by atoms with Crippen LogP contribution in [0.3, 0.4) is 0 Å². The van der Waals surface area contributed by atoms with E-state index in [1.807, 2.05) is 12.1 Å². The fraction of sp³-hybridized carbons (Fsp3) is 0.294. The van der Waals surface area contributed by atoms with Crippen molar-refractivity contribution < 1.29 is 17.9 Å². The highest BCUT2D eigenvalue weighted by atomic mass is 32.2. The van der Waals surface area contributed by atoms with E-state index in [1.165, 1.54) is 23.5 Å². The number of nitrogens with zero attached hydrogens (tertiary/aromatic N) is 2. The fourth-order valence-corrected chi connectivity index (χ4v) is 4.84. The number of pyridine rings is 1. The molecule has 126 valence electrons. The van der Waals surface area contributed by atoms with Gasteiger partial charge in [0.15, 0.2) is 0 Å². The number of sulfonamides is 1. The van der Waals surface area contributed by atoms with E-state index in [4.69, 9.17) is 4.74 Å². The summed E-state index contributed by atoms with van der Waals surface area (Å²) in [5.41, 5.74) is 0.765. The van der Waals surface area contributed by atoms with Crippen molar-refractivity contribution in [3.05, 3.63) is 59.9 Å². The van der Waals surface area contributed by atoms with Crippen LogP contribution in [0, 0.1) is 0 Å². The fourth-order valence-electron chi connectivity index (χ4n) is 2.99. The van der Waals surface area contributed by atoms with Crippen LogP contribution in [-0.2, 0) is 14.8 Å². The maximum Gasteiger partial charge on any atom is 0.339 e. The van der Waals surface area contributed by atoms with Gasteiger partial charge in [-0.05, 0) is 37.1 Å². The zero-order valence-electron chi connectivity index (χ0n) is 13.3. The summed E-state index contributed by atoms with van der Waals surface area (Å²) in [6, 6.07) is 11.3. The summed E-state index contributed by atoms with van der Waals surface area (Å²) in [4.78, 5) is 16.2. The van der Waals surface area contributed by atoms with E-state index in [1.54, 1.807) is 24.4 Å². The van der Waals surface area contributed by atoms with Crippen molar-refractivity contribution in [2.24, 2.45) is 0 Å². The van der Waals surface area contributed by atoms with E-state index in [9.17, 15) is 13.2 Å². The summed E-state index contributed by atoms with van der Waals surface area (Å²) < 4.78 is 32.4. The van der Waals surface area contributed by atoms with Gasteiger partial charge in [-0.1, -0.05) is 18.2 Å². The zero-order valence-corrected chi connectivity index (χ0v) is 14.1. The predicted octanol–water partition coefficient (Wildman–Crippen LogP) is 2.39. The molecule has 0 radical (unpaired) electrons. The number of hydrogen-bond acceptors (Lipinski definition) is 5. The summed E-state index contributed by atoms with van der Waals surface area (Å²) in [5, 5.41) is 0. The Morgan fingerprint density at radius 2 is 1.96 bits per heavy atom. The van der Waals surface area contributed by atoms with E-state index in [-0.39, 0.29) is 16.5 Å². The van der Waals surface area contributed by atoms with Crippen LogP contribution in [0.1, 0.15) is 34.9 Å². The molecule has 0 aliphatic carbocycles. The molecule has 1 aliphatic heterocycles.